The lowest BCUT2D eigenvalue weighted by Crippen LogP contribution is -2.41. The van der Waals surface area contributed by atoms with Crippen molar-refractivity contribution in [2.75, 3.05) is 11.7 Å². The lowest BCUT2D eigenvalue weighted by atomic mass is 10.1. The van der Waals surface area contributed by atoms with E-state index in [1.54, 1.807) is 18.1 Å². The number of benzene rings is 2. The number of halogens is 1. The fourth-order valence-corrected chi connectivity index (χ4v) is 3.20. The third-order valence-corrected chi connectivity index (χ3v) is 4.42. The Morgan fingerprint density at radius 2 is 1.88 bits per heavy atom. The molecule has 7 heteroatoms. The van der Waals surface area contributed by atoms with Crippen molar-refractivity contribution in [3.63, 3.8) is 0 Å². The molecule has 1 aromatic heterocycles. The van der Waals surface area contributed by atoms with Crippen molar-refractivity contribution in [3.8, 4) is 0 Å². The summed E-state index contributed by atoms with van der Waals surface area (Å²) in [6.45, 7) is 2.22. The summed E-state index contributed by atoms with van der Waals surface area (Å²) in [5, 5.41) is 11.0. The number of aryl methyl sites for hydroxylation is 1. The minimum atomic E-state index is -0.238. The number of hydrogen-bond donors (Lipinski definition) is 0. The van der Waals surface area contributed by atoms with Gasteiger partial charge in [-0.15, -0.1) is 0 Å². The highest BCUT2D eigenvalue weighted by molar-refractivity contribution is 6.31. The number of nitrogens with zero attached hydrogens (tertiary/aromatic N) is 5. The Morgan fingerprint density at radius 1 is 1.12 bits per heavy atom. The minimum absolute atomic E-state index is 0.170. The zero-order valence-corrected chi connectivity index (χ0v) is 13.7. The Bertz CT molecular complexity index is 1010. The van der Waals surface area contributed by atoms with Gasteiger partial charge in [-0.3, -0.25) is 4.79 Å². The molecular formula is C17H14ClN5O. The summed E-state index contributed by atoms with van der Waals surface area (Å²) in [5.74, 6) is 0.552. The van der Waals surface area contributed by atoms with Gasteiger partial charge in [-0.25, -0.2) is 4.98 Å². The van der Waals surface area contributed by atoms with Gasteiger partial charge >= 0.3 is 0 Å². The second kappa shape index (κ2) is 5.72. The van der Waals surface area contributed by atoms with Crippen LogP contribution >= 0.6 is 11.6 Å². The summed E-state index contributed by atoms with van der Waals surface area (Å²) in [6.07, 6.45) is 0. The molecule has 24 heavy (non-hydrogen) atoms. The Labute approximate surface area is 143 Å². The predicted molar refractivity (Wildman–Crippen MR) is 92.9 cm³/mol. The first kappa shape index (κ1) is 14.8. The van der Waals surface area contributed by atoms with E-state index >= 15 is 0 Å². The van der Waals surface area contributed by atoms with Crippen LogP contribution < -0.4 is 10.7 Å². The zero-order chi connectivity index (χ0) is 16.7. The quantitative estimate of drug-likeness (QED) is 0.718. The van der Waals surface area contributed by atoms with Crippen molar-refractivity contribution in [1.29, 1.82) is 0 Å². The molecular weight excluding hydrogens is 326 g/mol. The zero-order valence-electron chi connectivity index (χ0n) is 12.9. The van der Waals surface area contributed by atoms with Crippen LogP contribution in [0.3, 0.4) is 0 Å². The third-order valence-electron chi connectivity index (χ3n) is 4.07. The summed E-state index contributed by atoms with van der Waals surface area (Å²) in [4.78, 5) is 17.5. The van der Waals surface area contributed by atoms with E-state index < -0.39 is 0 Å². The lowest BCUT2D eigenvalue weighted by Gasteiger charge is -2.25. The van der Waals surface area contributed by atoms with Crippen LogP contribution in [0.15, 0.2) is 63.7 Å². The molecule has 0 aliphatic carbocycles. The number of hydrogen-bond acceptors (Lipinski definition) is 5. The van der Waals surface area contributed by atoms with E-state index in [1.807, 2.05) is 42.5 Å². The van der Waals surface area contributed by atoms with E-state index in [0.717, 1.165) is 5.56 Å². The summed E-state index contributed by atoms with van der Waals surface area (Å²) < 4.78 is 1.47. The SMILES string of the molecule is Cc1nc2ccccc2c(=O)n1N1N=NCC1c1ccccc1Cl. The number of rotatable bonds is 2. The fraction of sp³-hybridized carbons (Fsp3) is 0.176. The van der Waals surface area contributed by atoms with Gasteiger partial charge in [0.15, 0.2) is 0 Å². The molecule has 0 saturated carbocycles. The molecule has 6 nitrogen and oxygen atoms in total. The van der Waals surface area contributed by atoms with Crippen LogP contribution in [0.5, 0.6) is 0 Å². The van der Waals surface area contributed by atoms with Crippen molar-refractivity contribution in [1.82, 2.24) is 9.66 Å². The molecule has 3 aromatic rings. The molecule has 0 N–H and O–H groups in total. The van der Waals surface area contributed by atoms with Crippen LogP contribution in [0.4, 0.5) is 0 Å². The highest BCUT2D eigenvalue weighted by Gasteiger charge is 2.29. The highest BCUT2D eigenvalue weighted by Crippen LogP contribution is 2.30. The average molecular weight is 340 g/mol. The normalized spacial score (nSPS) is 16.9. The Hall–Kier alpha value is -2.73. The van der Waals surface area contributed by atoms with Crippen LogP contribution in [-0.2, 0) is 0 Å². The summed E-state index contributed by atoms with van der Waals surface area (Å²) in [7, 11) is 0. The van der Waals surface area contributed by atoms with Crippen molar-refractivity contribution in [2.24, 2.45) is 10.3 Å². The average Bonchev–Trinajstić information content (AvgIpc) is 3.04. The summed E-state index contributed by atoms with van der Waals surface area (Å²) in [6, 6.07) is 14.6. The topological polar surface area (TPSA) is 62.9 Å². The Morgan fingerprint density at radius 3 is 2.71 bits per heavy atom. The Kier molecular flexibility index (Phi) is 3.54. The Balaban J connectivity index is 1.89. The maximum absolute atomic E-state index is 12.9. The molecule has 1 unspecified atom stereocenters. The maximum Gasteiger partial charge on any atom is 0.281 e. The molecule has 0 radical (unpaired) electrons. The molecule has 0 amide bonds. The first-order chi connectivity index (χ1) is 11.7. The molecule has 2 heterocycles. The molecule has 1 aliphatic rings. The molecule has 1 atom stereocenters. The van der Waals surface area contributed by atoms with Gasteiger partial charge in [-0.1, -0.05) is 47.2 Å². The molecule has 120 valence electrons. The van der Waals surface area contributed by atoms with Crippen LogP contribution in [0.2, 0.25) is 5.02 Å². The highest BCUT2D eigenvalue weighted by atomic mass is 35.5. The van der Waals surface area contributed by atoms with Gasteiger partial charge in [0.05, 0.1) is 17.4 Å². The second-order valence-corrected chi connectivity index (χ2v) is 5.97. The van der Waals surface area contributed by atoms with Crippen LogP contribution in [0, 0.1) is 6.92 Å². The standard InChI is InChI=1S/C17H14ClN5O/c1-11-20-15-9-5-3-7-13(15)17(24)22(11)23-16(10-19-21-23)12-6-2-4-8-14(12)18/h2-9,16H,10H2,1H3. The number of fused-ring (bicyclic) bond motifs is 1. The van der Waals surface area contributed by atoms with E-state index in [9.17, 15) is 4.79 Å². The van der Waals surface area contributed by atoms with Gasteiger partial charge in [0.1, 0.15) is 11.9 Å². The van der Waals surface area contributed by atoms with E-state index in [0.29, 0.717) is 28.3 Å². The molecule has 0 saturated heterocycles. The first-order valence-corrected chi connectivity index (χ1v) is 7.94. The number of aromatic nitrogens is 2. The van der Waals surface area contributed by atoms with E-state index in [4.69, 9.17) is 11.6 Å². The van der Waals surface area contributed by atoms with Crippen molar-refractivity contribution >= 4 is 22.5 Å². The van der Waals surface area contributed by atoms with Gasteiger partial charge < -0.3 is 0 Å². The summed E-state index contributed by atoms with van der Waals surface area (Å²) >= 11 is 6.32. The molecule has 1 aliphatic heterocycles. The molecule has 0 fully saturated rings. The van der Waals surface area contributed by atoms with Gasteiger partial charge in [0, 0.05) is 5.02 Å². The van der Waals surface area contributed by atoms with Crippen LogP contribution in [0.25, 0.3) is 10.9 Å². The van der Waals surface area contributed by atoms with Gasteiger partial charge in [0.25, 0.3) is 5.56 Å². The molecule has 0 spiro atoms. The van der Waals surface area contributed by atoms with E-state index in [2.05, 4.69) is 15.3 Å². The fourth-order valence-electron chi connectivity index (χ4n) is 2.94. The van der Waals surface area contributed by atoms with Crippen molar-refractivity contribution in [2.45, 2.75) is 13.0 Å². The van der Waals surface area contributed by atoms with Gasteiger partial charge in [0.2, 0.25) is 0 Å². The molecule has 0 bridgehead atoms. The largest absolute Gasteiger partial charge is 0.281 e. The van der Waals surface area contributed by atoms with Crippen LogP contribution in [0.1, 0.15) is 17.4 Å². The maximum atomic E-state index is 12.9. The number of para-hydroxylation sites is 1. The van der Waals surface area contributed by atoms with Crippen molar-refractivity contribution in [3.05, 3.63) is 75.3 Å². The third kappa shape index (κ3) is 2.27. The van der Waals surface area contributed by atoms with Crippen molar-refractivity contribution < 1.29 is 0 Å². The minimum Gasteiger partial charge on any atom is -0.267 e. The van der Waals surface area contributed by atoms with E-state index in [-0.39, 0.29) is 11.6 Å². The monoisotopic (exact) mass is 339 g/mol. The van der Waals surface area contributed by atoms with Gasteiger partial charge in [-0.05, 0) is 30.7 Å². The van der Waals surface area contributed by atoms with Gasteiger partial charge in [-0.2, -0.15) is 14.9 Å². The first-order valence-electron chi connectivity index (χ1n) is 7.56. The molecule has 4 rings (SSSR count). The summed E-state index contributed by atoms with van der Waals surface area (Å²) in [5.41, 5.74) is 1.38. The second-order valence-electron chi connectivity index (χ2n) is 5.56. The lowest BCUT2D eigenvalue weighted by molar-refractivity contribution is 0.519. The van der Waals surface area contributed by atoms with E-state index in [1.165, 1.54) is 4.68 Å². The smallest absolute Gasteiger partial charge is 0.267 e. The predicted octanol–water partition coefficient (Wildman–Crippen LogP) is 3.42. The molecule has 2 aromatic carbocycles. The van der Waals surface area contributed by atoms with Crippen LogP contribution in [-0.4, -0.2) is 16.2 Å².